The molecule has 0 radical (unpaired) electrons. The van der Waals surface area contributed by atoms with Crippen LogP contribution in [0.15, 0.2) is 24.3 Å². The fourth-order valence-corrected chi connectivity index (χ4v) is 3.01. The number of carbonyl (C=O) groups excluding carboxylic acids is 1. The topological polar surface area (TPSA) is 78.4 Å². The number of anilines is 1. The monoisotopic (exact) mass is 308 g/mol. The van der Waals surface area contributed by atoms with E-state index < -0.39 is 12.0 Å². The molecular weight excluding hydrogens is 287 g/mol. The molecule has 0 unspecified atom stereocenters. The van der Waals surface area contributed by atoms with Crippen LogP contribution in [0.5, 0.6) is 0 Å². The van der Waals surface area contributed by atoms with E-state index in [1.54, 1.807) is 0 Å². The number of halogens is 1. The fraction of sp³-hybridized carbons (Fsp3) is 0.500. The van der Waals surface area contributed by atoms with Crippen molar-refractivity contribution in [3.63, 3.8) is 0 Å². The zero-order valence-electron chi connectivity index (χ0n) is 12.4. The number of carboxylic acids is 1. The molecule has 1 aliphatic rings. The van der Waals surface area contributed by atoms with Gasteiger partial charge < -0.3 is 15.7 Å². The van der Waals surface area contributed by atoms with Gasteiger partial charge in [-0.05, 0) is 42.5 Å². The molecule has 120 valence electrons. The number of carboxylic acid groups (broad SMARTS) is 1. The quantitative estimate of drug-likeness (QED) is 0.780. The van der Waals surface area contributed by atoms with Crippen LogP contribution in [0.4, 0.5) is 14.9 Å². The minimum absolute atomic E-state index is 0.0732. The van der Waals surface area contributed by atoms with Crippen molar-refractivity contribution in [2.45, 2.75) is 38.5 Å². The number of hydrogen-bond donors (Lipinski definition) is 3. The average Bonchev–Trinajstić information content (AvgIpc) is 2.48. The summed E-state index contributed by atoms with van der Waals surface area (Å²) in [5.74, 6) is -1.20. The minimum atomic E-state index is -0.831. The van der Waals surface area contributed by atoms with E-state index in [1.807, 2.05) is 0 Å². The Kier molecular flexibility index (Phi) is 5.35. The van der Waals surface area contributed by atoms with Gasteiger partial charge in [0, 0.05) is 12.2 Å². The Labute approximate surface area is 128 Å². The smallest absolute Gasteiger partial charge is 0.319 e. The highest BCUT2D eigenvalue weighted by Gasteiger charge is 2.34. The summed E-state index contributed by atoms with van der Waals surface area (Å²) in [6.07, 6.45) is 4.81. The highest BCUT2D eigenvalue weighted by atomic mass is 19.1. The molecule has 0 aromatic heterocycles. The fourth-order valence-electron chi connectivity index (χ4n) is 3.01. The summed E-state index contributed by atoms with van der Waals surface area (Å²) < 4.78 is 12.8. The molecule has 0 atom stereocenters. The standard InChI is InChI=1S/C16H21FN2O3/c17-12-4-6-13(7-5-12)19-15(22)18-11-16(10-14(20)21)8-2-1-3-9-16/h4-7H,1-3,8-11H2,(H,20,21)(H2,18,19,22). The van der Waals surface area contributed by atoms with Gasteiger partial charge in [0.1, 0.15) is 5.82 Å². The highest BCUT2D eigenvalue weighted by Crippen LogP contribution is 2.38. The Balaban J connectivity index is 1.89. The molecule has 6 heteroatoms. The Hall–Kier alpha value is -2.11. The van der Waals surface area contributed by atoms with Gasteiger partial charge in [0.15, 0.2) is 0 Å². The molecule has 1 fully saturated rings. The molecular formula is C16H21FN2O3. The molecule has 1 aliphatic carbocycles. The summed E-state index contributed by atoms with van der Waals surface area (Å²) in [7, 11) is 0. The summed E-state index contributed by atoms with van der Waals surface area (Å²) in [5.41, 5.74) is 0.138. The van der Waals surface area contributed by atoms with Crippen LogP contribution in [0.2, 0.25) is 0 Å². The maximum atomic E-state index is 12.8. The second kappa shape index (κ2) is 7.24. The third-order valence-electron chi connectivity index (χ3n) is 4.17. The van der Waals surface area contributed by atoms with E-state index in [1.165, 1.54) is 24.3 Å². The summed E-state index contributed by atoms with van der Waals surface area (Å²) in [6, 6.07) is 5.08. The third-order valence-corrected chi connectivity index (χ3v) is 4.17. The molecule has 0 spiro atoms. The zero-order valence-corrected chi connectivity index (χ0v) is 12.4. The van der Waals surface area contributed by atoms with E-state index in [9.17, 15) is 14.0 Å². The third kappa shape index (κ3) is 4.72. The van der Waals surface area contributed by atoms with Crippen molar-refractivity contribution in [1.82, 2.24) is 5.32 Å². The number of rotatable bonds is 5. The van der Waals surface area contributed by atoms with Gasteiger partial charge in [-0.3, -0.25) is 4.79 Å². The van der Waals surface area contributed by atoms with Gasteiger partial charge in [-0.15, -0.1) is 0 Å². The predicted molar refractivity (Wildman–Crippen MR) is 81.2 cm³/mol. The molecule has 2 amide bonds. The minimum Gasteiger partial charge on any atom is -0.481 e. The number of carbonyl (C=O) groups is 2. The molecule has 22 heavy (non-hydrogen) atoms. The van der Waals surface area contributed by atoms with Crippen molar-refractivity contribution < 1.29 is 19.1 Å². The molecule has 1 aromatic rings. The first-order valence-corrected chi connectivity index (χ1v) is 7.51. The van der Waals surface area contributed by atoms with Crippen LogP contribution in [0.3, 0.4) is 0 Å². The largest absolute Gasteiger partial charge is 0.481 e. The van der Waals surface area contributed by atoms with E-state index in [-0.39, 0.29) is 17.7 Å². The predicted octanol–water partition coefficient (Wildman–Crippen LogP) is 3.37. The normalized spacial score (nSPS) is 16.8. The van der Waals surface area contributed by atoms with Crippen molar-refractivity contribution in [2.75, 3.05) is 11.9 Å². The van der Waals surface area contributed by atoms with Crippen LogP contribution in [0.1, 0.15) is 38.5 Å². The van der Waals surface area contributed by atoms with E-state index in [0.29, 0.717) is 12.2 Å². The number of aliphatic carboxylic acids is 1. The molecule has 3 N–H and O–H groups in total. The van der Waals surface area contributed by atoms with Crippen molar-refractivity contribution in [3.8, 4) is 0 Å². The summed E-state index contributed by atoms with van der Waals surface area (Å²) >= 11 is 0. The van der Waals surface area contributed by atoms with Crippen LogP contribution in [0.25, 0.3) is 0 Å². The van der Waals surface area contributed by atoms with Crippen molar-refractivity contribution >= 4 is 17.7 Å². The zero-order chi connectivity index (χ0) is 16.0. The Bertz CT molecular complexity index is 525. The number of amides is 2. The SMILES string of the molecule is O=C(O)CC1(CNC(=O)Nc2ccc(F)cc2)CCCCC1. The molecule has 0 bridgehead atoms. The Morgan fingerprint density at radius 3 is 2.36 bits per heavy atom. The molecule has 0 saturated heterocycles. The first-order chi connectivity index (χ1) is 10.5. The van der Waals surface area contributed by atoms with Crippen LogP contribution >= 0.6 is 0 Å². The van der Waals surface area contributed by atoms with Crippen molar-refractivity contribution in [3.05, 3.63) is 30.1 Å². The van der Waals surface area contributed by atoms with Gasteiger partial charge >= 0.3 is 12.0 Å². The first-order valence-electron chi connectivity index (χ1n) is 7.51. The lowest BCUT2D eigenvalue weighted by molar-refractivity contribution is -0.140. The lowest BCUT2D eigenvalue weighted by atomic mass is 9.72. The molecule has 1 aromatic carbocycles. The molecule has 0 aliphatic heterocycles. The van der Waals surface area contributed by atoms with E-state index in [0.717, 1.165) is 32.1 Å². The Morgan fingerprint density at radius 1 is 1.14 bits per heavy atom. The first kappa shape index (κ1) is 16.3. The maximum Gasteiger partial charge on any atom is 0.319 e. The van der Waals surface area contributed by atoms with Crippen LogP contribution < -0.4 is 10.6 Å². The number of nitrogens with one attached hydrogen (secondary N) is 2. The number of urea groups is 1. The van der Waals surface area contributed by atoms with Gasteiger partial charge in [-0.25, -0.2) is 9.18 Å². The van der Waals surface area contributed by atoms with Gasteiger partial charge in [0.2, 0.25) is 0 Å². The molecule has 5 nitrogen and oxygen atoms in total. The van der Waals surface area contributed by atoms with Crippen LogP contribution in [-0.4, -0.2) is 23.7 Å². The lowest BCUT2D eigenvalue weighted by Gasteiger charge is -2.36. The number of benzene rings is 1. The summed E-state index contributed by atoms with van der Waals surface area (Å²) in [4.78, 5) is 23.0. The second-order valence-corrected chi connectivity index (χ2v) is 5.95. The molecule has 0 heterocycles. The van der Waals surface area contributed by atoms with Gasteiger partial charge in [-0.2, -0.15) is 0 Å². The second-order valence-electron chi connectivity index (χ2n) is 5.95. The van der Waals surface area contributed by atoms with Crippen LogP contribution in [-0.2, 0) is 4.79 Å². The number of hydrogen-bond acceptors (Lipinski definition) is 2. The van der Waals surface area contributed by atoms with Gasteiger partial charge in [0.25, 0.3) is 0 Å². The van der Waals surface area contributed by atoms with Crippen LogP contribution in [0, 0.1) is 11.2 Å². The average molecular weight is 308 g/mol. The lowest BCUT2D eigenvalue weighted by Crippen LogP contribution is -2.42. The van der Waals surface area contributed by atoms with E-state index in [4.69, 9.17) is 5.11 Å². The van der Waals surface area contributed by atoms with E-state index in [2.05, 4.69) is 10.6 Å². The molecule has 2 rings (SSSR count). The maximum absolute atomic E-state index is 12.8. The Morgan fingerprint density at radius 2 is 1.77 bits per heavy atom. The van der Waals surface area contributed by atoms with Crippen molar-refractivity contribution in [2.24, 2.45) is 5.41 Å². The summed E-state index contributed by atoms with van der Waals surface area (Å²) in [6.45, 7) is 0.340. The van der Waals surface area contributed by atoms with Gasteiger partial charge in [0.05, 0.1) is 6.42 Å². The summed E-state index contributed by atoms with van der Waals surface area (Å²) in [5, 5.41) is 14.5. The molecule has 1 saturated carbocycles. The highest BCUT2D eigenvalue weighted by molar-refractivity contribution is 5.89. The van der Waals surface area contributed by atoms with E-state index >= 15 is 0 Å². The van der Waals surface area contributed by atoms with Crippen molar-refractivity contribution in [1.29, 1.82) is 0 Å². The van der Waals surface area contributed by atoms with Gasteiger partial charge in [-0.1, -0.05) is 19.3 Å².